The van der Waals surface area contributed by atoms with E-state index in [2.05, 4.69) is 10.5 Å². The van der Waals surface area contributed by atoms with Gasteiger partial charge in [-0.15, -0.1) is 0 Å². The molecule has 4 rings (SSSR count). The van der Waals surface area contributed by atoms with E-state index in [1.807, 2.05) is 42.5 Å². The van der Waals surface area contributed by atoms with Crippen molar-refractivity contribution in [3.63, 3.8) is 0 Å². The van der Waals surface area contributed by atoms with E-state index in [1.165, 1.54) is 25.5 Å². The Kier molecular flexibility index (Phi) is 8.70. The predicted molar refractivity (Wildman–Crippen MR) is 143 cm³/mol. The first-order chi connectivity index (χ1) is 18.5. The highest BCUT2D eigenvalue weighted by Gasteiger charge is 2.11. The van der Waals surface area contributed by atoms with Gasteiger partial charge in [0.1, 0.15) is 19.0 Å². The normalized spacial score (nSPS) is 10.7. The predicted octanol–water partition coefficient (Wildman–Crippen LogP) is 5.32. The van der Waals surface area contributed by atoms with Crippen LogP contribution in [0.15, 0.2) is 102 Å². The summed E-state index contributed by atoms with van der Waals surface area (Å²) < 4.78 is 17.0. The molecular weight excluding hydrogens is 484 g/mol. The van der Waals surface area contributed by atoms with Crippen molar-refractivity contribution in [1.29, 1.82) is 0 Å². The van der Waals surface area contributed by atoms with Crippen LogP contribution in [0.5, 0.6) is 17.2 Å². The molecule has 2 N–H and O–H groups in total. The number of nitrogens with one attached hydrogen (secondary N) is 1. The number of nitrogens with zero attached hydrogens (tertiary/aromatic N) is 1. The molecule has 4 aromatic carbocycles. The summed E-state index contributed by atoms with van der Waals surface area (Å²) >= 11 is 0. The van der Waals surface area contributed by atoms with Crippen LogP contribution in [0, 0.1) is 0 Å². The standard InChI is InChI=1S/C30H26N2O6/c1-36-28-17-25(14-15-27(28)38-20-21-6-3-2-4-7-21)29(33)32-31-18-23-8-5-9-26(16-23)37-19-22-10-12-24(13-11-22)30(34)35/h2-18H,19-20H2,1H3,(H,32,33)(H,34,35)/b31-18+. The zero-order valence-electron chi connectivity index (χ0n) is 20.7. The maximum atomic E-state index is 12.6. The van der Waals surface area contributed by atoms with Crippen LogP contribution in [0.25, 0.3) is 0 Å². The molecule has 38 heavy (non-hydrogen) atoms. The molecule has 0 saturated heterocycles. The van der Waals surface area contributed by atoms with Gasteiger partial charge in [0.2, 0.25) is 0 Å². The van der Waals surface area contributed by atoms with Crippen LogP contribution < -0.4 is 19.6 Å². The van der Waals surface area contributed by atoms with Crippen LogP contribution in [-0.2, 0) is 13.2 Å². The molecule has 0 aliphatic rings. The van der Waals surface area contributed by atoms with Crippen molar-refractivity contribution in [3.05, 3.63) is 125 Å². The first kappa shape index (κ1) is 26.0. The van der Waals surface area contributed by atoms with Gasteiger partial charge < -0.3 is 19.3 Å². The summed E-state index contributed by atoms with van der Waals surface area (Å²) in [6.07, 6.45) is 1.51. The molecule has 0 aliphatic carbocycles. The van der Waals surface area contributed by atoms with E-state index in [4.69, 9.17) is 19.3 Å². The smallest absolute Gasteiger partial charge is 0.335 e. The number of ether oxygens (including phenoxy) is 3. The van der Waals surface area contributed by atoms with Crippen LogP contribution in [0.4, 0.5) is 0 Å². The lowest BCUT2D eigenvalue weighted by molar-refractivity contribution is 0.0696. The first-order valence-electron chi connectivity index (χ1n) is 11.7. The van der Waals surface area contributed by atoms with Crippen molar-refractivity contribution < 1.29 is 28.9 Å². The van der Waals surface area contributed by atoms with Crippen molar-refractivity contribution in [2.45, 2.75) is 13.2 Å². The number of carbonyl (C=O) groups excluding carboxylic acids is 1. The fourth-order valence-corrected chi connectivity index (χ4v) is 3.49. The number of benzene rings is 4. The third-order valence-corrected chi connectivity index (χ3v) is 5.51. The maximum absolute atomic E-state index is 12.6. The molecule has 1 amide bonds. The lowest BCUT2D eigenvalue weighted by Crippen LogP contribution is -2.17. The molecule has 4 aromatic rings. The Bertz CT molecular complexity index is 1420. The molecule has 0 unspecified atom stereocenters. The van der Waals surface area contributed by atoms with E-state index in [0.717, 1.165) is 16.7 Å². The van der Waals surface area contributed by atoms with Gasteiger partial charge in [-0.2, -0.15) is 5.10 Å². The Balaban J connectivity index is 1.32. The molecule has 0 saturated carbocycles. The summed E-state index contributed by atoms with van der Waals surface area (Å²) in [7, 11) is 1.52. The fraction of sp³-hybridized carbons (Fsp3) is 0.100. The molecular formula is C30H26N2O6. The molecule has 8 heteroatoms. The van der Waals surface area contributed by atoms with Gasteiger partial charge in [0, 0.05) is 5.56 Å². The number of amides is 1. The average Bonchev–Trinajstić information content (AvgIpc) is 2.96. The van der Waals surface area contributed by atoms with Crippen molar-refractivity contribution in [2.24, 2.45) is 5.10 Å². The number of hydrazone groups is 1. The highest BCUT2D eigenvalue weighted by atomic mass is 16.5. The summed E-state index contributed by atoms with van der Waals surface area (Å²) in [6.45, 7) is 0.664. The zero-order chi connectivity index (χ0) is 26.7. The van der Waals surface area contributed by atoms with Gasteiger partial charge in [0.25, 0.3) is 5.91 Å². The number of carbonyl (C=O) groups is 2. The van der Waals surface area contributed by atoms with E-state index in [-0.39, 0.29) is 12.2 Å². The van der Waals surface area contributed by atoms with Gasteiger partial charge in [-0.25, -0.2) is 10.2 Å². The monoisotopic (exact) mass is 510 g/mol. The largest absolute Gasteiger partial charge is 0.493 e. The van der Waals surface area contributed by atoms with Gasteiger partial charge in [-0.1, -0.05) is 54.6 Å². The van der Waals surface area contributed by atoms with Crippen LogP contribution in [0.1, 0.15) is 37.4 Å². The number of aromatic carboxylic acids is 1. The molecule has 0 radical (unpaired) electrons. The molecule has 0 bridgehead atoms. The Hall–Kier alpha value is -5.11. The highest BCUT2D eigenvalue weighted by molar-refractivity contribution is 5.95. The minimum Gasteiger partial charge on any atom is -0.493 e. The number of methoxy groups -OCH3 is 1. The Morgan fingerprint density at radius 1 is 0.789 bits per heavy atom. The van der Waals surface area contributed by atoms with E-state index >= 15 is 0 Å². The molecule has 0 aliphatic heterocycles. The van der Waals surface area contributed by atoms with Crippen molar-refractivity contribution in [3.8, 4) is 17.2 Å². The first-order valence-corrected chi connectivity index (χ1v) is 11.7. The number of rotatable bonds is 11. The molecule has 192 valence electrons. The molecule has 0 atom stereocenters. The molecule has 0 spiro atoms. The number of carboxylic acids is 1. The second-order valence-electron chi connectivity index (χ2n) is 8.20. The number of hydrogen-bond donors (Lipinski definition) is 2. The Morgan fingerprint density at radius 3 is 2.24 bits per heavy atom. The van der Waals surface area contributed by atoms with Crippen LogP contribution in [0.2, 0.25) is 0 Å². The zero-order valence-corrected chi connectivity index (χ0v) is 20.7. The van der Waals surface area contributed by atoms with Gasteiger partial charge in [0.05, 0.1) is 18.9 Å². The quantitative estimate of drug-likeness (QED) is 0.209. The third kappa shape index (κ3) is 7.20. The van der Waals surface area contributed by atoms with E-state index < -0.39 is 11.9 Å². The van der Waals surface area contributed by atoms with E-state index in [9.17, 15) is 9.59 Å². The van der Waals surface area contributed by atoms with Crippen LogP contribution in [-0.4, -0.2) is 30.3 Å². The molecule has 8 nitrogen and oxygen atoms in total. The summed E-state index contributed by atoms with van der Waals surface area (Å²) in [5.74, 6) is 0.219. The van der Waals surface area contributed by atoms with Gasteiger partial charge in [-0.3, -0.25) is 4.79 Å². The summed E-state index contributed by atoms with van der Waals surface area (Å²) in [5, 5.41) is 13.0. The van der Waals surface area contributed by atoms with Crippen molar-refractivity contribution in [1.82, 2.24) is 5.43 Å². The van der Waals surface area contributed by atoms with Gasteiger partial charge in [-0.05, 0) is 59.2 Å². The van der Waals surface area contributed by atoms with E-state index in [0.29, 0.717) is 29.4 Å². The second-order valence-corrected chi connectivity index (χ2v) is 8.20. The summed E-state index contributed by atoms with van der Waals surface area (Å²) in [5.41, 5.74) is 5.70. The molecule has 0 aromatic heterocycles. The number of hydrogen-bond acceptors (Lipinski definition) is 6. The lowest BCUT2D eigenvalue weighted by Gasteiger charge is -2.12. The van der Waals surface area contributed by atoms with Gasteiger partial charge in [0.15, 0.2) is 11.5 Å². The fourth-order valence-electron chi connectivity index (χ4n) is 3.49. The minimum absolute atomic E-state index is 0.222. The van der Waals surface area contributed by atoms with Crippen LogP contribution in [0.3, 0.4) is 0 Å². The number of carboxylic acid groups (broad SMARTS) is 1. The Morgan fingerprint density at radius 2 is 1.50 bits per heavy atom. The third-order valence-electron chi connectivity index (χ3n) is 5.51. The maximum Gasteiger partial charge on any atom is 0.335 e. The molecule has 0 fully saturated rings. The topological polar surface area (TPSA) is 106 Å². The average molecular weight is 511 g/mol. The summed E-state index contributed by atoms with van der Waals surface area (Å²) in [6, 6.07) is 28.4. The second kappa shape index (κ2) is 12.7. The minimum atomic E-state index is -0.972. The van der Waals surface area contributed by atoms with Crippen LogP contribution >= 0.6 is 0 Å². The van der Waals surface area contributed by atoms with Crippen molar-refractivity contribution in [2.75, 3.05) is 7.11 Å². The van der Waals surface area contributed by atoms with Crippen molar-refractivity contribution >= 4 is 18.1 Å². The lowest BCUT2D eigenvalue weighted by atomic mass is 10.1. The molecule has 0 heterocycles. The highest BCUT2D eigenvalue weighted by Crippen LogP contribution is 2.29. The van der Waals surface area contributed by atoms with Gasteiger partial charge >= 0.3 is 5.97 Å². The SMILES string of the molecule is COc1cc(C(=O)N/N=C/c2cccc(OCc3ccc(C(=O)O)cc3)c2)ccc1OCc1ccccc1. The Labute approximate surface area is 220 Å². The van der Waals surface area contributed by atoms with E-state index in [1.54, 1.807) is 42.5 Å². The summed E-state index contributed by atoms with van der Waals surface area (Å²) in [4.78, 5) is 23.6.